The third-order valence-electron chi connectivity index (χ3n) is 6.29. The van der Waals surface area contributed by atoms with Crippen molar-refractivity contribution in [2.75, 3.05) is 0 Å². The maximum atomic E-state index is 13.1. The molecule has 2 heterocycles. The molecule has 0 aliphatic heterocycles. The van der Waals surface area contributed by atoms with Crippen LogP contribution in [0, 0.1) is 5.92 Å². The van der Waals surface area contributed by atoms with Crippen molar-refractivity contribution in [2.45, 2.75) is 24.8 Å². The van der Waals surface area contributed by atoms with E-state index in [4.69, 9.17) is 34.0 Å². The van der Waals surface area contributed by atoms with Gasteiger partial charge in [-0.3, -0.25) is 14.6 Å². The largest absolute Gasteiger partial charge is 0.368 e. The quantitative estimate of drug-likeness (QED) is 0.356. The van der Waals surface area contributed by atoms with E-state index in [9.17, 15) is 9.59 Å². The molecule has 2 aromatic carbocycles. The lowest BCUT2D eigenvalue weighted by Gasteiger charge is -2.16. The van der Waals surface area contributed by atoms with Crippen molar-refractivity contribution in [3.05, 3.63) is 100 Å². The normalized spacial score (nSPS) is 17.4. The number of pyridine rings is 1. The highest BCUT2D eigenvalue weighted by Crippen LogP contribution is 2.49. The highest BCUT2D eigenvalue weighted by Gasteiger charge is 2.47. The SMILES string of the molecule is NC(=O)[C@H](Cc1ccccc1)NC(=O)[C@H]1CC1c1cc(-c2cccnc2)nn1-c1ccc(Cl)c(Cl)c1. The van der Waals surface area contributed by atoms with Crippen molar-refractivity contribution in [1.29, 1.82) is 0 Å². The van der Waals surface area contributed by atoms with Gasteiger partial charge in [0.2, 0.25) is 11.8 Å². The van der Waals surface area contributed by atoms with Crippen molar-refractivity contribution in [2.24, 2.45) is 11.7 Å². The van der Waals surface area contributed by atoms with Crippen LogP contribution < -0.4 is 11.1 Å². The predicted octanol–water partition coefficient (Wildman–Crippen LogP) is 4.56. The van der Waals surface area contributed by atoms with E-state index in [2.05, 4.69) is 10.3 Å². The Morgan fingerprint density at radius 2 is 1.86 bits per heavy atom. The van der Waals surface area contributed by atoms with Gasteiger partial charge < -0.3 is 11.1 Å². The topological polar surface area (TPSA) is 103 Å². The fraction of sp³-hybridized carbons (Fsp3) is 0.185. The lowest BCUT2D eigenvalue weighted by Crippen LogP contribution is -2.46. The van der Waals surface area contributed by atoms with Gasteiger partial charge in [-0.1, -0.05) is 53.5 Å². The van der Waals surface area contributed by atoms with E-state index >= 15 is 0 Å². The summed E-state index contributed by atoms with van der Waals surface area (Å²) in [5, 5.41) is 8.50. The number of aromatic nitrogens is 3. The number of rotatable bonds is 8. The Kier molecular flexibility index (Phi) is 6.76. The van der Waals surface area contributed by atoms with Crippen LogP contribution in [0.2, 0.25) is 10.0 Å². The van der Waals surface area contributed by atoms with Crippen molar-refractivity contribution in [1.82, 2.24) is 20.1 Å². The van der Waals surface area contributed by atoms with Gasteiger partial charge in [-0.15, -0.1) is 0 Å². The molecule has 36 heavy (non-hydrogen) atoms. The van der Waals surface area contributed by atoms with Crippen LogP contribution in [0.3, 0.4) is 0 Å². The van der Waals surface area contributed by atoms with Crippen LogP contribution >= 0.6 is 23.2 Å². The molecule has 0 spiro atoms. The highest BCUT2D eigenvalue weighted by atomic mass is 35.5. The molecule has 1 aliphatic carbocycles. The molecule has 0 bridgehead atoms. The van der Waals surface area contributed by atoms with Gasteiger partial charge in [-0.25, -0.2) is 4.68 Å². The summed E-state index contributed by atoms with van der Waals surface area (Å²) in [6.07, 6.45) is 4.41. The van der Waals surface area contributed by atoms with Crippen LogP contribution in [0.4, 0.5) is 0 Å². The summed E-state index contributed by atoms with van der Waals surface area (Å²) in [5.41, 5.74) is 9.71. The number of halogens is 2. The second kappa shape index (κ2) is 10.1. The van der Waals surface area contributed by atoms with E-state index in [1.807, 2.05) is 54.6 Å². The van der Waals surface area contributed by atoms with E-state index in [-0.39, 0.29) is 17.7 Å². The van der Waals surface area contributed by atoms with Crippen molar-refractivity contribution in [3.8, 4) is 16.9 Å². The standard InChI is InChI=1S/C27H23Cl2N5O2/c28-21-9-8-18(12-22(21)29)34-25(14-23(33-34)17-7-4-10-31-15-17)19-13-20(19)27(36)32-24(26(30)35)11-16-5-2-1-3-6-16/h1-10,12,14-15,19-20,24H,11,13H2,(H2,30,35)(H,32,36)/t19?,20-,24-/m0/s1. The summed E-state index contributed by atoms with van der Waals surface area (Å²) in [6, 6.07) is 19.7. The van der Waals surface area contributed by atoms with Crippen LogP contribution in [0.25, 0.3) is 16.9 Å². The molecule has 0 saturated heterocycles. The number of benzene rings is 2. The van der Waals surface area contributed by atoms with Crippen LogP contribution in [0.1, 0.15) is 23.6 Å². The van der Waals surface area contributed by atoms with Crippen LogP contribution in [0.15, 0.2) is 79.1 Å². The number of nitrogens with one attached hydrogen (secondary N) is 1. The minimum atomic E-state index is -0.785. The molecule has 4 aromatic rings. The molecule has 2 aromatic heterocycles. The second-order valence-corrected chi connectivity index (χ2v) is 9.62. The predicted molar refractivity (Wildman–Crippen MR) is 139 cm³/mol. The zero-order valence-corrected chi connectivity index (χ0v) is 20.7. The van der Waals surface area contributed by atoms with Gasteiger partial charge in [0.05, 0.1) is 21.4 Å². The lowest BCUT2D eigenvalue weighted by molar-refractivity contribution is -0.128. The molecule has 1 saturated carbocycles. The Morgan fingerprint density at radius 3 is 2.56 bits per heavy atom. The summed E-state index contributed by atoms with van der Waals surface area (Å²) in [4.78, 5) is 29.4. The van der Waals surface area contributed by atoms with Gasteiger partial charge in [-0.05, 0) is 48.4 Å². The molecule has 7 nitrogen and oxygen atoms in total. The third kappa shape index (κ3) is 5.12. The maximum absolute atomic E-state index is 13.1. The van der Waals surface area contributed by atoms with E-state index < -0.39 is 11.9 Å². The zero-order valence-electron chi connectivity index (χ0n) is 19.1. The summed E-state index contributed by atoms with van der Waals surface area (Å²) in [5.74, 6) is -1.15. The lowest BCUT2D eigenvalue weighted by atomic mass is 10.1. The van der Waals surface area contributed by atoms with Crippen LogP contribution in [-0.2, 0) is 16.0 Å². The Hall–Kier alpha value is -3.68. The molecule has 1 fully saturated rings. The average Bonchev–Trinajstić information content (AvgIpc) is 3.57. The molecule has 1 unspecified atom stereocenters. The average molecular weight is 520 g/mol. The summed E-state index contributed by atoms with van der Waals surface area (Å²) >= 11 is 12.4. The van der Waals surface area contributed by atoms with E-state index in [1.165, 1.54) is 0 Å². The monoisotopic (exact) mass is 519 g/mol. The minimum absolute atomic E-state index is 0.0809. The first-order chi connectivity index (χ1) is 17.4. The van der Waals surface area contributed by atoms with Crippen LogP contribution in [-0.4, -0.2) is 32.6 Å². The van der Waals surface area contributed by atoms with Gasteiger partial charge in [0.15, 0.2) is 0 Å². The molecule has 0 radical (unpaired) electrons. The first kappa shape index (κ1) is 24.0. The molecule has 1 aliphatic rings. The van der Waals surface area contributed by atoms with Crippen molar-refractivity contribution < 1.29 is 9.59 Å². The zero-order chi connectivity index (χ0) is 25.2. The van der Waals surface area contributed by atoms with Crippen molar-refractivity contribution in [3.63, 3.8) is 0 Å². The van der Waals surface area contributed by atoms with Gasteiger partial charge in [-0.2, -0.15) is 5.10 Å². The number of nitrogens with zero attached hydrogens (tertiary/aromatic N) is 3. The van der Waals surface area contributed by atoms with Gasteiger partial charge in [0.25, 0.3) is 0 Å². The fourth-order valence-electron chi connectivity index (χ4n) is 4.30. The van der Waals surface area contributed by atoms with Crippen LogP contribution in [0.5, 0.6) is 0 Å². The summed E-state index contributed by atoms with van der Waals surface area (Å²) in [6.45, 7) is 0. The molecular formula is C27H23Cl2N5O2. The minimum Gasteiger partial charge on any atom is -0.368 e. The Bertz CT molecular complexity index is 1410. The fourth-order valence-corrected chi connectivity index (χ4v) is 4.59. The molecule has 9 heteroatoms. The number of amides is 2. The number of carbonyl (C=O) groups is 2. The summed E-state index contributed by atoms with van der Waals surface area (Å²) in [7, 11) is 0. The van der Waals surface area contributed by atoms with Gasteiger partial charge in [0.1, 0.15) is 6.04 Å². The molecule has 3 N–H and O–H groups in total. The smallest absolute Gasteiger partial charge is 0.240 e. The van der Waals surface area contributed by atoms with E-state index in [1.54, 1.807) is 29.2 Å². The van der Waals surface area contributed by atoms with Gasteiger partial charge in [0, 0.05) is 41.9 Å². The second-order valence-electron chi connectivity index (χ2n) is 8.81. The third-order valence-corrected chi connectivity index (χ3v) is 7.03. The van der Waals surface area contributed by atoms with E-state index in [0.29, 0.717) is 22.9 Å². The first-order valence-electron chi connectivity index (χ1n) is 11.5. The Morgan fingerprint density at radius 1 is 1.06 bits per heavy atom. The summed E-state index contributed by atoms with van der Waals surface area (Å²) < 4.78 is 1.79. The Labute approximate surface area is 218 Å². The highest BCUT2D eigenvalue weighted by molar-refractivity contribution is 6.42. The van der Waals surface area contributed by atoms with Gasteiger partial charge >= 0.3 is 0 Å². The molecular weight excluding hydrogens is 497 g/mol. The molecule has 182 valence electrons. The maximum Gasteiger partial charge on any atom is 0.240 e. The molecule has 3 atom stereocenters. The number of primary amides is 1. The first-order valence-corrected chi connectivity index (χ1v) is 12.3. The van der Waals surface area contributed by atoms with Crippen molar-refractivity contribution >= 4 is 35.0 Å². The number of nitrogens with two attached hydrogens (primary N) is 1. The van der Waals surface area contributed by atoms with E-state index in [0.717, 1.165) is 28.2 Å². The molecule has 2 amide bonds. The number of hydrogen-bond donors (Lipinski definition) is 2. The number of hydrogen-bond acceptors (Lipinski definition) is 4. The number of carbonyl (C=O) groups excluding carboxylic acids is 2. The molecule has 5 rings (SSSR count). The Balaban J connectivity index is 1.40.